The van der Waals surface area contributed by atoms with E-state index in [-0.39, 0.29) is 17.2 Å². The standard InChI is InChI=1S/C8H12NO5P/c1-13-8-4-6(2-3-7(8)10)14-15(11,12)5-9/h2-4,10H,5,9H2,1H3,(H,11,12). The van der Waals surface area contributed by atoms with E-state index < -0.39 is 13.9 Å². The van der Waals surface area contributed by atoms with Crippen molar-refractivity contribution >= 4 is 7.60 Å². The Labute approximate surface area is 86.8 Å². The lowest BCUT2D eigenvalue weighted by atomic mass is 10.3. The van der Waals surface area contributed by atoms with Gasteiger partial charge in [-0.1, -0.05) is 0 Å². The van der Waals surface area contributed by atoms with E-state index in [0.717, 1.165) is 0 Å². The quantitative estimate of drug-likeness (QED) is 0.667. The van der Waals surface area contributed by atoms with E-state index >= 15 is 0 Å². The van der Waals surface area contributed by atoms with Crippen LogP contribution in [-0.2, 0) is 4.57 Å². The van der Waals surface area contributed by atoms with Gasteiger partial charge in [-0.15, -0.1) is 0 Å². The average Bonchev–Trinajstić information content (AvgIpc) is 2.20. The number of aromatic hydroxyl groups is 1. The van der Waals surface area contributed by atoms with Crippen LogP contribution in [0.1, 0.15) is 0 Å². The van der Waals surface area contributed by atoms with Gasteiger partial charge in [0, 0.05) is 6.07 Å². The van der Waals surface area contributed by atoms with Gasteiger partial charge in [0.15, 0.2) is 11.5 Å². The Kier molecular flexibility index (Phi) is 3.57. The van der Waals surface area contributed by atoms with Gasteiger partial charge in [-0.2, -0.15) is 0 Å². The first-order chi connectivity index (χ1) is 6.98. The summed E-state index contributed by atoms with van der Waals surface area (Å²) in [5, 5.41) is 9.25. The lowest BCUT2D eigenvalue weighted by Gasteiger charge is -2.12. The molecule has 4 N–H and O–H groups in total. The van der Waals surface area contributed by atoms with Crippen molar-refractivity contribution in [3.8, 4) is 17.2 Å². The minimum absolute atomic E-state index is 0.0784. The number of phenols is 1. The summed E-state index contributed by atoms with van der Waals surface area (Å²) in [5.74, 6) is 0.191. The number of hydrogen-bond acceptors (Lipinski definition) is 5. The average molecular weight is 233 g/mol. The van der Waals surface area contributed by atoms with Crippen LogP contribution >= 0.6 is 7.60 Å². The monoisotopic (exact) mass is 233 g/mol. The normalized spacial score (nSPS) is 14.3. The molecule has 0 saturated carbocycles. The molecule has 7 heteroatoms. The molecule has 6 nitrogen and oxygen atoms in total. The summed E-state index contributed by atoms with van der Waals surface area (Å²) in [5.41, 5.74) is 5.04. The number of benzene rings is 1. The maximum absolute atomic E-state index is 11.1. The van der Waals surface area contributed by atoms with E-state index in [9.17, 15) is 9.67 Å². The highest BCUT2D eigenvalue weighted by Gasteiger charge is 2.18. The molecule has 1 rings (SSSR count). The Morgan fingerprint density at radius 3 is 2.73 bits per heavy atom. The molecule has 0 aromatic heterocycles. The third kappa shape index (κ3) is 3.13. The van der Waals surface area contributed by atoms with Crippen molar-refractivity contribution in [1.82, 2.24) is 0 Å². The van der Waals surface area contributed by atoms with Crippen LogP contribution in [0.2, 0.25) is 0 Å². The molecule has 0 radical (unpaired) electrons. The summed E-state index contributed by atoms with van der Waals surface area (Å²) in [6, 6.07) is 3.94. The molecule has 0 spiro atoms. The molecule has 0 amide bonds. The van der Waals surface area contributed by atoms with Crippen LogP contribution in [0.25, 0.3) is 0 Å². The molecule has 0 aliphatic rings. The van der Waals surface area contributed by atoms with Gasteiger partial charge in [-0.05, 0) is 12.1 Å². The maximum atomic E-state index is 11.1. The van der Waals surface area contributed by atoms with Crippen molar-refractivity contribution in [3.05, 3.63) is 18.2 Å². The van der Waals surface area contributed by atoms with Crippen molar-refractivity contribution in [3.63, 3.8) is 0 Å². The van der Waals surface area contributed by atoms with Gasteiger partial charge in [0.1, 0.15) is 12.0 Å². The lowest BCUT2D eigenvalue weighted by molar-refractivity contribution is 0.363. The molecule has 15 heavy (non-hydrogen) atoms. The number of ether oxygens (including phenoxy) is 1. The van der Waals surface area contributed by atoms with Gasteiger partial charge >= 0.3 is 7.60 Å². The molecule has 1 atom stereocenters. The highest BCUT2D eigenvalue weighted by molar-refractivity contribution is 7.53. The van der Waals surface area contributed by atoms with E-state index in [1.54, 1.807) is 0 Å². The SMILES string of the molecule is COc1cc(OP(=O)(O)CN)ccc1O. The van der Waals surface area contributed by atoms with E-state index in [2.05, 4.69) is 0 Å². The second kappa shape index (κ2) is 4.53. The number of rotatable bonds is 4. The second-order valence-electron chi connectivity index (χ2n) is 2.74. The smallest absolute Gasteiger partial charge is 0.390 e. The Hall–Kier alpha value is -1.23. The zero-order valence-corrected chi connectivity index (χ0v) is 8.98. The molecule has 0 aliphatic heterocycles. The first-order valence-corrected chi connectivity index (χ1v) is 5.83. The largest absolute Gasteiger partial charge is 0.504 e. The predicted octanol–water partition coefficient (Wildman–Crippen LogP) is 0.881. The molecule has 0 bridgehead atoms. The van der Waals surface area contributed by atoms with E-state index in [4.69, 9.17) is 19.9 Å². The molecule has 1 aromatic carbocycles. The fourth-order valence-corrected chi connectivity index (χ4v) is 1.43. The van der Waals surface area contributed by atoms with Crippen LogP contribution in [0.4, 0.5) is 0 Å². The zero-order chi connectivity index (χ0) is 11.5. The van der Waals surface area contributed by atoms with Gasteiger partial charge < -0.3 is 25.0 Å². The fraction of sp³-hybridized carbons (Fsp3) is 0.250. The second-order valence-corrected chi connectivity index (χ2v) is 4.57. The van der Waals surface area contributed by atoms with Crippen LogP contribution in [0.15, 0.2) is 18.2 Å². The first kappa shape index (κ1) is 11.8. The molecular formula is C8H12NO5P. The molecule has 1 aromatic rings. The van der Waals surface area contributed by atoms with Crippen LogP contribution in [-0.4, -0.2) is 23.4 Å². The molecule has 0 saturated heterocycles. The summed E-state index contributed by atoms with van der Waals surface area (Å²) in [4.78, 5) is 9.11. The van der Waals surface area contributed by atoms with Crippen molar-refractivity contribution in [2.75, 3.05) is 13.4 Å². The lowest BCUT2D eigenvalue weighted by Crippen LogP contribution is -2.05. The van der Waals surface area contributed by atoms with E-state index in [1.165, 1.54) is 25.3 Å². The summed E-state index contributed by atoms with van der Waals surface area (Å²) < 4.78 is 20.7. The predicted molar refractivity (Wildman–Crippen MR) is 54.2 cm³/mol. The molecule has 84 valence electrons. The molecule has 1 unspecified atom stereocenters. The molecule has 0 fully saturated rings. The first-order valence-electron chi connectivity index (χ1n) is 4.07. The summed E-state index contributed by atoms with van der Waals surface area (Å²) >= 11 is 0. The summed E-state index contributed by atoms with van der Waals surface area (Å²) in [7, 11) is -2.44. The Morgan fingerprint density at radius 1 is 1.53 bits per heavy atom. The van der Waals surface area contributed by atoms with Gasteiger partial charge in [-0.3, -0.25) is 0 Å². The van der Waals surface area contributed by atoms with Crippen molar-refractivity contribution < 1.29 is 23.8 Å². The van der Waals surface area contributed by atoms with Crippen LogP contribution in [0.3, 0.4) is 0 Å². The minimum atomic E-state index is -3.80. The van der Waals surface area contributed by atoms with Crippen LogP contribution in [0.5, 0.6) is 17.2 Å². The van der Waals surface area contributed by atoms with Crippen LogP contribution < -0.4 is 15.0 Å². The Balaban J connectivity index is 2.92. The van der Waals surface area contributed by atoms with Crippen molar-refractivity contribution in [2.24, 2.45) is 5.73 Å². The van der Waals surface area contributed by atoms with Crippen molar-refractivity contribution in [2.45, 2.75) is 0 Å². The number of phenolic OH excluding ortho intramolecular Hbond substituents is 1. The Bertz CT molecular complexity index is 395. The Morgan fingerprint density at radius 2 is 2.20 bits per heavy atom. The third-order valence-electron chi connectivity index (χ3n) is 1.63. The maximum Gasteiger partial charge on any atom is 0.390 e. The highest BCUT2D eigenvalue weighted by atomic mass is 31.2. The highest BCUT2D eigenvalue weighted by Crippen LogP contribution is 2.42. The minimum Gasteiger partial charge on any atom is -0.504 e. The fourth-order valence-electron chi connectivity index (χ4n) is 0.917. The summed E-state index contributed by atoms with van der Waals surface area (Å²) in [6.07, 6.45) is -0.476. The molecule has 0 aliphatic carbocycles. The number of methoxy groups -OCH3 is 1. The molecular weight excluding hydrogens is 221 g/mol. The van der Waals surface area contributed by atoms with Gasteiger partial charge in [0.2, 0.25) is 0 Å². The number of nitrogens with two attached hydrogens (primary N) is 1. The number of hydrogen-bond donors (Lipinski definition) is 3. The topological polar surface area (TPSA) is 102 Å². The zero-order valence-electron chi connectivity index (χ0n) is 8.08. The van der Waals surface area contributed by atoms with Gasteiger partial charge in [0.25, 0.3) is 0 Å². The summed E-state index contributed by atoms with van der Waals surface area (Å²) in [6.45, 7) is 0. The van der Waals surface area contributed by atoms with Gasteiger partial charge in [-0.25, -0.2) is 4.57 Å². The van der Waals surface area contributed by atoms with E-state index in [1.807, 2.05) is 0 Å². The van der Waals surface area contributed by atoms with Crippen LogP contribution in [0, 0.1) is 0 Å². The third-order valence-corrected chi connectivity index (χ3v) is 2.59. The van der Waals surface area contributed by atoms with Crippen molar-refractivity contribution in [1.29, 1.82) is 0 Å². The molecule has 0 heterocycles. The van der Waals surface area contributed by atoms with E-state index in [0.29, 0.717) is 0 Å². The van der Waals surface area contributed by atoms with Gasteiger partial charge in [0.05, 0.1) is 7.11 Å².